The first kappa shape index (κ1) is 25.3. The van der Waals surface area contributed by atoms with Gasteiger partial charge in [-0.15, -0.1) is 0 Å². The average molecular weight is 517 g/mol. The van der Waals surface area contributed by atoms with E-state index in [-0.39, 0.29) is 28.7 Å². The summed E-state index contributed by atoms with van der Waals surface area (Å²) >= 11 is 0. The number of aromatic carboxylic acids is 1. The predicted octanol–water partition coefficient (Wildman–Crippen LogP) is 5.74. The van der Waals surface area contributed by atoms with E-state index in [1.807, 2.05) is 12.1 Å². The zero-order chi connectivity index (χ0) is 26.9. The Morgan fingerprint density at radius 2 is 1.87 bits per heavy atom. The molecule has 1 aliphatic heterocycles. The molecule has 38 heavy (non-hydrogen) atoms. The molecule has 1 aromatic carbocycles. The molecule has 8 nitrogen and oxygen atoms in total. The third-order valence-corrected chi connectivity index (χ3v) is 7.10. The summed E-state index contributed by atoms with van der Waals surface area (Å²) in [5.41, 5.74) is 1.58. The fourth-order valence-corrected chi connectivity index (χ4v) is 4.94. The third kappa shape index (κ3) is 5.18. The van der Waals surface area contributed by atoms with Crippen LogP contribution in [0.5, 0.6) is 0 Å². The standard InChI is InChI=1S/C28H26F2N6O2/c29-28(30)13-19(14-28)25(32)24-21(12-22(27(37)38)35-26(24)34-20-4-2-1-3-5-20)18-6-7-23(33-16-18)36-10-8-17(15-31)9-11-36/h1-7,12,16-17,19,32H,8-11,13-14H2,(H,34,35)(H,37,38). The second-order valence-electron chi connectivity index (χ2n) is 9.75. The summed E-state index contributed by atoms with van der Waals surface area (Å²) in [6, 6.07) is 16.2. The smallest absolute Gasteiger partial charge is 0.354 e. The quantitative estimate of drug-likeness (QED) is 0.342. The van der Waals surface area contributed by atoms with E-state index in [1.165, 1.54) is 6.07 Å². The number of carboxylic acid groups (broad SMARTS) is 1. The molecular formula is C28H26F2N6O2. The molecule has 3 aromatic rings. The molecule has 3 heterocycles. The number of hydrogen-bond donors (Lipinski definition) is 3. The van der Waals surface area contributed by atoms with Crippen LogP contribution in [0.15, 0.2) is 54.7 Å². The molecule has 0 spiro atoms. The van der Waals surface area contributed by atoms with E-state index < -0.39 is 30.7 Å². The predicted molar refractivity (Wildman–Crippen MR) is 139 cm³/mol. The Morgan fingerprint density at radius 3 is 2.45 bits per heavy atom. The number of benzene rings is 1. The SMILES string of the molecule is N#CC1CCN(c2ccc(-c3cc(C(=O)O)nc(Nc4ccccc4)c3C(=N)C3CC(F)(F)C3)cn2)CC1. The van der Waals surface area contributed by atoms with Gasteiger partial charge in [0.15, 0.2) is 5.69 Å². The van der Waals surface area contributed by atoms with Crippen LogP contribution in [0.1, 0.15) is 41.7 Å². The summed E-state index contributed by atoms with van der Waals surface area (Å²) < 4.78 is 27.5. The minimum absolute atomic E-state index is 0.0172. The van der Waals surface area contributed by atoms with Crippen molar-refractivity contribution in [1.29, 1.82) is 10.7 Å². The van der Waals surface area contributed by atoms with Gasteiger partial charge in [-0.1, -0.05) is 18.2 Å². The number of pyridine rings is 2. The molecule has 0 radical (unpaired) electrons. The van der Waals surface area contributed by atoms with Crippen molar-refractivity contribution in [3.63, 3.8) is 0 Å². The van der Waals surface area contributed by atoms with Gasteiger partial charge in [-0.05, 0) is 48.7 Å². The van der Waals surface area contributed by atoms with Crippen LogP contribution in [0, 0.1) is 28.6 Å². The fraction of sp³-hybridized carbons (Fsp3) is 0.321. The van der Waals surface area contributed by atoms with Crippen LogP contribution in [0.3, 0.4) is 0 Å². The Kier molecular flexibility index (Phi) is 6.76. The first-order valence-corrected chi connectivity index (χ1v) is 12.4. The van der Waals surface area contributed by atoms with Gasteiger partial charge in [-0.2, -0.15) is 5.26 Å². The van der Waals surface area contributed by atoms with Crippen LogP contribution in [0.4, 0.5) is 26.1 Å². The van der Waals surface area contributed by atoms with Crippen molar-refractivity contribution < 1.29 is 18.7 Å². The number of hydrogen-bond acceptors (Lipinski definition) is 7. The van der Waals surface area contributed by atoms with Gasteiger partial charge >= 0.3 is 5.97 Å². The number of nitrogens with zero attached hydrogens (tertiary/aromatic N) is 4. The molecule has 1 aliphatic carbocycles. The number of aromatic nitrogens is 2. The molecule has 2 fully saturated rings. The van der Waals surface area contributed by atoms with Crippen molar-refractivity contribution in [3.05, 3.63) is 66.0 Å². The van der Waals surface area contributed by atoms with Crippen molar-refractivity contribution in [2.24, 2.45) is 11.8 Å². The summed E-state index contributed by atoms with van der Waals surface area (Å²) in [4.78, 5) is 22.9. The minimum atomic E-state index is -2.82. The molecule has 5 rings (SSSR count). The number of nitrogens with one attached hydrogen (secondary N) is 2. The Bertz CT molecular complexity index is 1390. The van der Waals surface area contributed by atoms with Crippen LogP contribution in [-0.4, -0.2) is 45.8 Å². The molecule has 0 atom stereocenters. The monoisotopic (exact) mass is 516 g/mol. The summed E-state index contributed by atoms with van der Waals surface area (Å²) in [7, 11) is 0. The van der Waals surface area contributed by atoms with Gasteiger partial charge in [0.2, 0.25) is 5.92 Å². The van der Waals surface area contributed by atoms with E-state index >= 15 is 0 Å². The maximum Gasteiger partial charge on any atom is 0.354 e. The highest BCUT2D eigenvalue weighted by Crippen LogP contribution is 2.46. The summed E-state index contributed by atoms with van der Waals surface area (Å²) in [5, 5.41) is 30.9. The number of carbonyl (C=O) groups is 1. The maximum atomic E-state index is 13.7. The lowest BCUT2D eigenvalue weighted by Gasteiger charge is -2.36. The van der Waals surface area contributed by atoms with E-state index in [0.29, 0.717) is 29.9 Å². The number of nitriles is 1. The van der Waals surface area contributed by atoms with Crippen LogP contribution in [-0.2, 0) is 0 Å². The molecule has 2 aliphatic rings. The van der Waals surface area contributed by atoms with Gasteiger partial charge in [0, 0.05) is 66.5 Å². The topological polar surface area (TPSA) is 126 Å². The number of alkyl halides is 2. The van der Waals surface area contributed by atoms with E-state index in [0.717, 1.165) is 18.7 Å². The summed E-state index contributed by atoms with van der Waals surface area (Å²) in [5.74, 6) is -3.85. The number of anilines is 3. The highest BCUT2D eigenvalue weighted by atomic mass is 19.3. The Labute approximate surface area is 218 Å². The Hall–Kier alpha value is -4.39. The molecule has 2 aromatic heterocycles. The largest absolute Gasteiger partial charge is 0.477 e. The summed E-state index contributed by atoms with van der Waals surface area (Å²) in [6.07, 6.45) is 2.24. The average Bonchev–Trinajstić information content (AvgIpc) is 2.91. The number of halogens is 2. The second kappa shape index (κ2) is 10.2. The summed E-state index contributed by atoms with van der Waals surface area (Å²) in [6.45, 7) is 1.42. The minimum Gasteiger partial charge on any atom is -0.477 e. The second-order valence-corrected chi connectivity index (χ2v) is 9.75. The molecule has 0 bridgehead atoms. The Balaban J connectivity index is 1.56. The van der Waals surface area contributed by atoms with E-state index in [4.69, 9.17) is 10.7 Å². The van der Waals surface area contributed by atoms with Crippen LogP contribution >= 0.6 is 0 Å². The van der Waals surface area contributed by atoms with E-state index in [9.17, 15) is 18.7 Å². The fourth-order valence-electron chi connectivity index (χ4n) is 4.94. The van der Waals surface area contributed by atoms with Gasteiger partial charge in [0.25, 0.3) is 0 Å². The Morgan fingerprint density at radius 1 is 1.16 bits per heavy atom. The molecule has 1 saturated heterocycles. The van der Waals surface area contributed by atoms with Gasteiger partial charge in [0.05, 0.1) is 6.07 Å². The zero-order valence-electron chi connectivity index (χ0n) is 20.5. The lowest BCUT2D eigenvalue weighted by atomic mass is 9.75. The van der Waals surface area contributed by atoms with Crippen LogP contribution < -0.4 is 10.2 Å². The van der Waals surface area contributed by atoms with E-state index in [2.05, 4.69) is 26.3 Å². The van der Waals surface area contributed by atoms with Crippen molar-refractivity contribution in [2.75, 3.05) is 23.3 Å². The zero-order valence-corrected chi connectivity index (χ0v) is 20.5. The van der Waals surface area contributed by atoms with Crippen LogP contribution in [0.25, 0.3) is 11.1 Å². The first-order valence-electron chi connectivity index (χ1n) is 12.4. The van der Waals surface area contributed by atoms with E-state index in [1.54, 1.807) is 36.5 Å². The van der Waals surface area contributed by atoms with Crippen LogP contribution in [0.2, 0.25) is 0 Å². The van der Waals surface area contributed by atoms with Gasteiger partial charge < -0.3 is 20.7 Å². The molecule has 3 N–H and O–H groups in total. The molecule has 194 valence electrons. The first-order chi connectivity index (χ1) is 18.2. The van der Waals surface area contributed by atoms with Crippen molar-refractivity contribution in [3.8, 4) is 17.2 Å². The molecule has 0 unspecified atom stereocenters. The highest BCUT2D eigenvalue weighted by Gasteiger charge is 2.48. The lowest BCUT2D eigenvalue weighted by Crippen LogP contribution is -2.40. The molecule has 1 saturated carbocycles. The molecule has 10 heteroatoms. The molecule has 0 amide bonds. The van der Waals surface area contributed by atoms with Gasteiger partial charge in [0.1, 0.15) is 11.6 Å². The number of piperidine rings is 1. The maximum absolute atomic E-state index is 13.7. The van der Waals surface area contributed by atoms with Crippen molar-refractivity contribution in [2.45, 2.75) is 31.6 Å². The number of para-hydroxylation sites is 1. The van der Waals surface area contributed by atoms with Crippen molar-refractivity contribution >= 4 is 29.0 Å². The molecular weight excluding hydrogens is 490 g/mol. The normalized spacial score (nSPS) is 17.3. The number of rotatable bonds is 7. The van der Waals surface area contributed by atoms with Gasteiger partial charge in [-0.25, -0.2) is 23.5 Å². The highest BCUT2D eigenvalue weighted by molar-refractivity contribution is 6.11. The van der Waals surface area contributed by atoms with Gasteiger partial charge in [-0.3, -0.25) is 0 Å². The lowest BCUT2D eigenvalue weighted by molar-refractivity contribution is -0.0909. The van der Waals surface area contributed by atoms with Crippen molar-refractivity contribution in [1.82, 2.24) is 9.97 Å². The number of carboxylic acids is 1. The third-order valence-electron chi connectivity index (χ3n) is 7.10.